The molecule has 1 aliphatic heterocycles. The second-order valence-corrected chi connectivity index (χ2v) is 7.68. The maximum Gasteiger partial charge on any atom is 0.416 e. The minimum Gasteiger partial charge on any atom is -0.444 e. The third-order valence-corrected chi connectivity index (χ3v) is 4.09. The number of nitrogens with zero attached hydrogens (tertiary/aromatic N) is 1. The average molecular weight is 401 g/mol. The van der Waals surface area contributed by atoms with E-state index in [0.717, 1.165) is 31.4 Å². The fourth-order valence-corrected chi connectivity index (χ4v) is 2.88. The first kappa shape index (κ1) is 21.8. The summed E-state index contributed by atoms with van der Waals surface area (Å²) in [6.45, 7) is 6.06. The Morgan fingerprint density at radius 1 is 1.11 bits per heavy atom. The van der Waals surface area contributed by atoms with E-state index in [4.69, 9.17) is 4.74 Å². The quantitative estimate of drug-likeness (QED) is 0.795. The Hall–Kier alpha value is -2.45. The van der Waals surface area contributed by atoms with Crippen molar-refractivity contribution in [3.05, 3.63) is 23.8 Å². The van der Waals surface area contributed by atoms with Crippen molar-refractivity contribution in [3.63, 3.8) is 0 Å². The van der Waals surface area contributed by atoms with Crippen LogP contribution in [0.4, 0.5) is 29.3 Å². The zero-order valence-electron chi connectivity index (χ0n) is 16.3. The third kappa shape index (κ3) is 6.61. The second kappa shape index (κ2) is 8.70. The number of alkyl halides is 3. The summed E-state index contributed by atoms with van der Waals surface area (Å²) in [4.78, 5) is 25.8. The van der Waals surface area contributed by atoms with Gasteiger partial charge in [0, 0.05) is 13.1 Å². The first-order valence-corrected chi connectivity index (χ1v) is 9.18. The molecule has 156 valence electrons. The van der Waals surface area contributed by atoms with E-state index < -0.39 is 35.9 Å². The number of benzene rings is 1. The van der Waals surface area contributed by atoms with E-state index in [1.165, 1.54) is 6.07 Å². The lowest BCUT2D eigenvalue weighted by Crippen LogP contribution is -2.37. The number of carbonyl (C=O) groups is 2. The van der Waals surface area contributed by atoms with Crippen LogP contribution in [0.25, 0.3) is 0 Å². The number of hydrogen-bond donors (Lipinski definition) is 2. The van der Waals surface area contributed by atoms with E-state index in [1.54, 1.807) is 20.8 Å². The van der Waals surface area contributed by atoms with Gasteiger partial charge in [-0.2, -0.15) is 13.2 Å². The van der Waals surface area contributed by atoms with Crippen LogP contribution in [0.3, 0.4) is 0 Å². The van der Waals surface area contributed by atoms with Gasteiger partial charge in [-0.25, -0.2) is 4.79 Å². The molecule has 1 fully saturated rings. The molecule has 2 amide bonds. The summed E-state index contributed by atoms with van der Waals surface area (Å²) in [5.74, 6) is -0.636. The van der Waals surface area contributed by atoms with Crippen molar-refractivity contribution in [1.29, 1.82) is 0 Å². The fourth-order valence-electron chi connectivity index (χ4n) is 2.88. The van der Waals surface area contributed by atoms with Crippen LogP contribution in [0.2, 0.25) is 0 Å². The summed E-state index contributed by atoms with van der Waals surface area (Å²) in [6.07, 6.45) is -2.35. The number of amides is 2. The maximum absolute atomic E-state index is 13.1. The molecular formula is C19H26F3N3O3. The van der Waals surface area contributed by atoms with Crippen LogP contribution in [0.1, 0.15) is 45.6 Å². The molecule has 0 bridgehead atoms. The average Bonchev–Trinajstić information content (AvgIpc) is 2.58. The Morgan fingerprint density at radius 2 is 1.75 bits per heavy atom. The van der Waals surface area contributed by atoms with Gasteiger partial charge in [0.05, 0.1) is 16.9 Å². The molecule has 0 saturated carbocycles. The molecule has 2 N–H and O–H groups in total. The largest absolute Gasteiger partial charge is 0.444 e. The van der Waals surface area contributed by atoms with Gasteiger partial charge >= 0.3 is 12.3 Å². The van der Waals surface area contributed by atoms with Gasteiger partial charge in [-0.3, -0.25) is 4.79 Å². The number of ether oxygens (including phenoxy) is 1. The fraction of sp³-hybridized carbons (Fsp3) is 0.579. The molecule has 2 rings (SSSR count). The van der Waals surface area contributed by atoms with Gasteiger partial charge in [0.2, 0.25) is 5.91 Å². The highest BCUT2D eigenvalue weighted by molar-refractivity contribution is 5.97. The van der Waals surface area contributed by atoms with Crippen molar-refractivity contribution in [2.75, 3.05) is 29.9 Å². The molecule has 1 aromatic rings. The van der Waals surface area contributed by atoms with Gasteiger partial charge in [-0.05, 0) is 58.2 Å². The number of halogens is 3. The minimum atomic E-state index is -4.52. The lowest BCUT2D eigenvalue weighted by Gasteiger charge is -2.31. The van der Waals surface area contributed by atoms with Crippen molar-refractivity contribution in [2.24, 2.45) is 0 Å². The molecule has 0 aliphatic carbocycles. The summed E-state index contributed by atoms with van der Waals surface area (Å²) in [7, 11) is 0. The minimum absolute atomic E-state index is 0.0766. The van der Waals surface area contributed by atoms with Crippen LogP contribution in [-0.4, -0.2) is 37.2 Å². The number of alkyl carbamates (subject to hydrolysis) is 1. The number of carbonyl (C=O) groups excluding carboxylic acids is 2. The number of nitrogens with one attached hydrogen (secondary N) is 2. The normalized spacial score (nSPS) is 15.1. The lowest BCUT2D eigenvalue weighted by molar-refractivity contribution is -0.137. The van der Waals surface area contributed by atoms with E-state index in [-0.39, 0.29) is 5.69 Å². The maximum atomic E-state index is 13.1. The first-order valence-electron chi connectivity index (χ1n) is 9.18. The van der Waals surface area contributed by atoms with Crippen molar-refractivity contribution >= 4 is 23.4 Å². The molecule has 0 radical (unpaired) electrons. The van der Waals surface area contributed by atoms with E-state index in [9.17, 15) is 22.8 Å². The molecule has 0 spiro atoms. The summed E-state index contributed by atoms with van der Waals surface area (Å²) < 4.78 is 44.3. The molecule has 1 saturated heterocycles. The highest BCUT2D eigenvalue weighted by Crippen LogP contribution is 2.36. The molecule has 6 nitrogen and oxygen atoms in total. The zero-order chi connectivity index (χ0) is 20.9. The Kier molecular flexibility index (Phi) is 6.79. The molecule has 0 atom stereocenters. The molecule has 1 aliphatic rings. The van der Waals surface area contributed by atoms with Crippen molar-refractivity contribution in [3.8, 4) is 0 Å². The third-order valence-electron chi connectivity index (χ3n) is 4.09. The number of anilines is 2. The van der Waals surface area contributed by atoms with Crippen molar-refractivity contribution in [1.82, 2.24) is 5.32 Å². The number of rotatable bonds is 4. The summed E-state index contributed by atoms with van der Waals surface area (Å²) in [5.41, 5.74) is -0.946. The van der Waals surface area contributed by atoms with Gasteiger partial charge in [0.25, 0.3) is 0 Å². The Balaban J connectivity index is 2.12. The topological polar surface area (TPSA) is 70.7 Å². The summed E-state index contributed by atoms with van der Waals surface area (Å²) >= 11 is 0. The van der Waals surface area contributed by atoms with E-state index in [1.807, 2.05) is 4.90 Å². The molecule has 9 heteroatoms. The number of hydrogen-bond acceptors (Lipinski definition) is 4. The smallest absolute Gasteiger partial charge is 0.416 e. The highest BCUT2D eigenvalue weighted by atomic mass is 19.4. The van der Waals surface area contributed by atoms with Gasteiger partial charge in [0.15, 0.2) is 0 Å². The van der Waals surface area contributed by atoms with Crippen LogP contribution in [0.15, 0.2) is 18.2 Å². The molecule has 28 heavy (non-hydrogen) atoms. The van der Waals surface area contributed by atoms with Crippen LogP contribution in [0, 0.1) is 0 Å². The van der Waals surface area contributed by atoms with Crippen LogP contribution < -0.4 is 15.5 Å². The Bertz CT molecular complexity index is 709. The first-order chi connectivity index (χ1) is 13.0. The monoisotopic (exact) mass is 401 g/mol. The van der Waals surface area contributed by atoms with E-state index in [0.29, 0.717) is 18.8 Å². The standard InChI is InChI=1S/C19H26F3N3O3/c1-18(2,3)28-17(27)23-12-16(26)24-14-11-13(19(20,21)22)7-8-15(14)25-9-5-4-6-10-25/h7-8,11H,4-6,9-10,12H2,1-3H3,(H,23,27)(H,24,26). The lowest BCUT2D eigenvalue weighted by atomic mass is 10.1. The van der Waals surface area contributed by atoms with Crippen LogP contribution in [0.5, 0.6) is 0 Å². The van der Waals surface area contributed by atoms with Crippen molar-refractivity contribution in [2.45, 2.75) is 51.8 Å². The van der Waals surface area contributed by atoms with Gasteiger partial charge in [-0.15, -0.1) is 0 Å². The zero-order valence-corrected chi connectivity index (χ0v) is 16.3. The van der Waals surface area contributed by atoms with E-state index in [2.05, 4.69) is 10.6 Å². The Morgan fingerprint density at radius 3 is 2.32 bits per heavy atom. The van der Waals surface area contributed by atoms with E-state index >= 15 is 0 Å². The number of piperidine rings is 1. The second-order valence-electron chi connectivity index (χ2n) is 7.68. The molecule has 1 heterocycles. The molecule has 0 unspecified atom stereocenters. The van der Waals surface area contributed by atoms with Crippen LogP contribution >= 0.6 is 0 Å². The predicted octanol–water partition coefficient (Wildman–Crippen LogP) is 4.16. The summed E-state index contributed by atoms with van der Waals surface area (Å²) in [6, 6.07) is 3.32. The Labute approximate surface area is 162 Å². The van der Waals surface area contributed by atoms with Crippen molar-refractivity contribution < 1.29 is 27.5 Å². The molecular weight excluding hydrogens is 375 g/mol. The molecule has 1 aromatic carbocycles. The van der Waals surface area contributed by atoms with Gasteiger partial charge < -0.3 is 20.3 Å². The van der Waals surface area contributed by atoms with Gasteiger partial charge in [0.1, 0.15) is 12.1 Å². The summed E-state index contributed by atoms with van der Waals surface area (Å²) in [5, 5.41) is 4.78. The molecule has 0 aromatic heterocycles. The predicted molar refractivity (Wildman–Crippen MR) is 100 cm³/mol. The van der Waals surface area contributed by atoms with Gasteiger partial charge in [-0.1, -0.05) is 0 Å². The van der Waals surface area contributed by atoms with Crippen LogP contribution in [-0.2, 0) is 15.7 Å². The highest BCUT2D eigenvalue weighted by Gasteiger charge is 2.32. The SMILES string of the molecule is CC(C)(C)OC(=O)NCC(=O)Nc1cc(C(F)(F)F)ccc1N1CCCCC1.